The van der Waals surface area contributed by atoms with Crippen LogP contribution in [0.25, 0.3) is 11.3 Å². The average Bonchev–Trinajstić information content (AvgIpc) is 3.16. The van der Waals surface area contributed by atoms with E-state index in [9.17, 15) is 19.3 Å². The third kappa shape index (κ3) is 4.49. The van der Waals surface area contributed by atoms with Gasteiger partial charge in [0.15, 0.2) is 17.3 Å². The number of carbonyl (C=O) groups excluding carboxylic acids is 1. The van der Waals surface area contributed by atoms with Crippen molar-refractivity contribution >= 4 is 17.3 Å². The molecule has 0 bridgehead atoms. The van der Waals surface area contributed by atoms with Crippen molar-refractivity contribution in [3.8, 4) is 22.8 Å². The van der Waals surface area contributed by atoms with Crippen molar-refractivity contribution in [1.29, 1.82) is 0 Å². The fraction of sp³-hybridized carbons (Fsp3) is 0.158. The minimum atomic E-state index is -0.982. The van der Waals surface area contributed by atoms with E-state index in [2.05, 4.69) is 10.5 Å². The third-order valence-corrected chi connectivity index (χ3v) is 4.00. The largest absolute Gasteiger partial charge is 0.493 e. The van der Waals surface area contributed by atoms with Crippen molar-refractivity contribution in [3.63, 3.8) is 0 Å². The van der Waals surface area contributed by atoms with E-state index in [-0.39, 0.29) is 12.1 Å². The van der Waals surface area contributed by atoms with Crippen LogP contribution in [0.1, 0.15) is 5.69 Å². The van der Waals surface area contributed by atoms with Gasteiger partial charge in [-0.1, -0.05) is 5.16 Å². The zero-order valence-corrected chi connectivity index (χ0v) is 15.5. The Hall–Kier alpha value is -3.95. The van der Waals surface area contributed by atoms with Crippen LogP contribution < -0.4 is 14.8 Å². The van der Waals surface area contributed by atoms with E-state index in [0.29, 0.717) is 28.5 Å². The molecule has 3 rings (SSSR count). The van der Waals surface area contributed by atoms with Crippen LogP contribution in [0.4, 0.5) is 15.8 Å². The van der Waals surface area contributed by atoms with Crippen LogP contribution in [0.15, 0.2) is 47.0 Å². The van der Waals surface area contributed by atoms with Crippen LogP contribution in [0.3, 0.4) is 0 Å². The van der Waals surface area contributed by atoms with Gasteiger partial charge in [-0.25, -0.2) is 0 Å². The summed E-state index contributed by atoms with van der Waals surface area (Å²) in [7, 11) is 3.04. The van der Waals surface area contributed by atoms with E-state index in [0.717, 1.165) is 12.1 Å². The highest BCUT2D eigenvalue weighted by Crippen LogP contribution is 2.32. The zero-order valence-electron chi connectivity index (χ0n) is 15.5. The number of hydrogen-bond acceptors (Lipinski definition) is 7. The Labute approximate surface area is 164 Å². The summed E-state index contributed by atoms with van der Waals surface area (Å²) in [4.78, 5) is 22.1. The number of methoxy groups -OCH3 is 2. The number of hydrogen-bond donors (Lipinski definition) is 1. The van der Waals surface area contributed by atoms with E-state index in [4.69, 9.17) is 14.0 Å². The van der Waals surface area contributed by atoms with Gasteiger partial charge in [-0.15, -0.1) is 0 Å². The summed E-state index contributed by atoms with van der Waals surface area (Å²) in [5.41, 5.74) is 0.409. The SMILES string of the molecule is COc1ccc(-c2cc(CC(=O)Nc3ccc(F)c([N+](=O)[O-])c3)no2)cc1OC. The maximum absolute atomic E-state index is 13.4. The first-order chi connectivity index (χ1) is 13.9. The molecule has 0 saturated heterocycles. The van der Waals surface area contributed by atoms with Crippen molar-refractivity contribution in [2.75, 3.05) is 19.5 Å². The van der Waals surface area contributed by atoms with Gasteiger partial charge < -0.3 is 19.3 Å². The van der Waals surface area contributed by atoms with Crippen molar-refractivity contribution in [1.82, 2.24) is 5.16 Å². The van der Waals surface area contributed by atoms with Gasteiger partial charge in [0.2, 0.25) is 11.7 Å². The first-order valence-corrected chi connectivity index (χ1v) is 8.33. The van der Waals surface area contributed by atoms with Gasteiger partial charge in [-0.05, 0) is 30.3 Å². The predicted molar refractivity (Wildman–Crippen MR) is 100 cm³/mol. The first-order valence-electron chi connectivity index (χ1n) is 8.33. The highest BCUT2D eigenvalue weighted by Gasteiger charge is 2.17. The number of amides is 1. The van der Waals surface area contributed by atoms with E-state index in [1.165, 1.54) is 20.3 Å². The molecule has 0 fully saturated rings. The van der Waals surface area contributed by atoms with Crippen LogP contribution in [0, 0.1) is 15.9 Å². The van der Waals surface area contributed by atoms with E-state index >= 15 is 0 Å². The molecule has 0 aliphatic rings. The summed E-state index contributed by atoms with van der Waals surface area (Å²) < 4.78 is 29.1. The number of nitro benzene ring substituents is 1. The molecule has 0 unspecified atom stereocenters. The van der Waals surface area contributed by atoms with Crippen LogP contribution in [-0.2, 0) is 11.2 Å². The normalized spacial score (nSPS) is 10.4. The molecule has 0 radical (unpaired) electrons. The Morgan fingerprint density at radius 1 is 1.17 bits per heavy atom. The third-order valence-electron chi connectivity index (χ3n) is 4.00. The minimum Gasteiger partial charge on any atom is -0.493 e. The Kier molecular flexibility index (Phi) is 5.72. The molecule has 150 valence electrons. The molecule has 1 heterocycles. The number of carbonyl (C=O) groups is 1. The van der Waals surface area contributed by atoms with Crippen LogP contribution in [-0.4, -0.2) is 30.2 Å². The van der Waals surface area contributed by atoms with Gasteiger partial charge in [0.1, 0.15) is 0 Å². The Balaban J connectivity index is 1.71. The second-order valence-electron chi connectivity index (χ2n) is 5.90. The van der Waals surface area contributed by atoms with Crippen LogP contribution in [0.2, 0.25) is 0 Å². The summed E-state index contributed by atoms with van der Waals surface area (Å²) >= 11 is 0. The van der Waals surface area contributed by atoms with Crippen LogP contribution in [0.5, 0.6) is 11.5 Å². The molecule has 10 heteroatoms. The number of nitro groups is 1. The van der Waals surface area contributed by atoms with E-state index in [1.807, 2.05) is 0 Å². The number of nitrogens with zero attached hydrogens (tertiary/aromatic N) is 2. The molecule has 0 atom stereocenters. The maximum Gasteiger partial charge on any atom is 0.306 e. The smallest absolute Gasteiger partial charge is 0.306 e. The second kappa shape index (κ2) is 8.38. The molecule has 0 spiro atoms. The molecular formula is C19H16FN3O6. The molecule has 29 heavy (non-hydrogen) atoms. The lowest BCUT2D eigenvalue weighted by molar-refractivity contribution is -0.387. The van der Waals surface area contributed by atoms with Crippen molar-refractivity contribution in [2.45, 2.75) is 6.42 Å². The fourth-order valence-electron chi connectivity index (χ4n) is 2.62. The summed E-state index contributed by atoms with van der Waals surface area (Å²) in [6, 6.07) is 9.87. The number of aromatic nitrogens is 1. The lowest BCUT2D eigenvalue weighted by Gasteiger charge is -2.07. The standard InChI is InChI=1S/C19H16FN3O6/c1-27-16-6-3-11(7-18(16)28-2)17-9-13(22-29-17)10-19(24)21-12-4-5-14(20)15(8-12)23(25)26/h3-9H,10H2,1-2H3,(H,21,24). The molecule has 1 N–H and O–H groups in total. The quantitative estimate of drug-likeness (QED) is 0.475. The van der Waals surface area contributed by atoms with Gasteiger partial charge in [0.25, 0.3) is 0 Å². The molecule has 1 amide bonds. The topological polar surface area (TPSA) is 117 Å². The number of halogens is 1. The first kappa shape index (κ1) is 19.8. The van der Waals surface area contributed by atoms with Gasteiger partial charge in [0, 0.05) is 23.4 Å². The summed E-state index contributed by atoms with van der Waals surface area (Å²) in [5, 5.41) is 17.1. The number of ether oxygens (including phenoxy) is 2. The second-order valence-corrected chi connectivity index (χ2v) is 5.90. The fourth-order valence-corrected chi connectivity index (χ4v) is 2.62. The van der Waals surface area contributed by atoms with Gasteiger partial charge >= 0.3 is 5.69 Å². The monoisotopic (exact) mass is 401 g/mol. The molecule has 9 nitrogen and oxygen atoms in total. The number of anilines is 1. The summed E-state index contributed by atoms with van der Waals surface area (Å²) in [6.45, 7) is 0. The molecule has 3 aromatic rings. The Bertz CT molecular complexity index is 1070. The molecular weight excluding hydrogens is 385 g/mol. The minimum absolute atomic E-state index is 0.103. The average molecular weight is 401 g/mol. The molecule has 0 saturated carbocycles. The Morgan fingerprint density at radius 3 is 2.62 bits per heavy atom. The lowest BCUT2D eigenvalue weighted by atomic mass is 10.1. The van der Waals surface area contributed by atoms with Gasteiger partial charge in [-0.3, -0.25) is 14.9 Å². The molecule has 0 aliphatic heterocycles. The highest BCUT2D eigenvalue weighted by atomic mass is 19.1. The number of rotatable bonds is 7. The van der Waals surface area contributed by atoms with E-state index in [1.54, 1.807) is 24.3 Å². The predicted octanol–water partition coefficient (Wildman–Crippen LogP) is 3.59. The number of nitrogens with one attached hydrogen (secondary N) is 1. The Morgan fingerprint density at radius 2 is 1.93 bits per heavy atom. The van der Waals surface area contributed by atoms with Crippen molar-refractivity contribution in [2.24, 2.45) is 0 Å². The summed E-state index contributed by atoms with van der Waals surface area (Å²) in [5.74, 6) is 0.0238. The lowest BCUT2D eigenvalue weighted by Crippen LogP contribution is -2.14. The summed E-state index contributed by atoms with van der Waals surface area (Å²) in [6.07, 6.45) is -0.137. The molecule has 1 aromatic heterocycles. The number of benzene rings is 2. The van der Waals surface area contributed by atoms with Crippen molar-refractivity contribution < 1.29 is 28.1 Å². The highest BCUT2D eigenvalue weighted by molar-refractivity contribution is 5.92. The van der Waals surface area contributed by atoms with Gasteiger partial charge in [-0.2, -0.15) is 4.39 Å². The maximum atomic E-state index is 13.4. The van der Waals surface area contributed by atoms with E-state index < -0.39 is 22.3 Å². The zero-order chi connectivity index (χ0) is 21.0. The van der Waals surface area contributed by atoms with Crippen LogP contribution >= 0.6 is 0 Å². The van der Waals surface area contributed by atoms with Gasteiger partial charge in [0.05, 0.1) is 31.3 Å². The molecule has 0 aliphatic carbocycles. The molecule has 2 aromatic carbocycles. The van der Waals surface area contributed by atoms with Crippen molar-refractivity contribution in [3.05, 3.63) is 64.1 Å².